The smallest absolute Gasteiger partial charge is 0.251 e. The van der Waals surface area contributed by atoms with Crippen LogP contribution in [0.25, 0.3) is 0 Å². The van der Waals surface area contributed by atoms with E-state index in [2.05, 4.69) is 12.2 Å². The number of carbonyl (C=O) groups is 1. The molecule has 1 aromatic carbocycles. The van der Waals surface area contributed by atoms with E-state index in [1.807, 2.05) is 6.92 Å². The molecule has 1 aliphatic carbocycles. The van der Waals surface area contributed by atoms with Gasteiger partial charge in [0.1, 0.15) is 5.75 Å². The van der Waals surface area contributed by atoms with E-state index in [-0.39, 0.29) is 11.7 Å². The van der Waals surface area contributed by atoms with Gasteiger partial charge in [0.2, 0.25) is 0 Å². The van der Waals surface area contributed by atoms with E-state index in [9.17, 15) is 9.90 Å². The Morgan fingerprint density at radius 2 is 2.00 bits per heavy atom. The Bertz CT molecular complexity index is 462. The lowest BCUT2D eigenvalue weighted by atomic mass is 9.83. The number of hydrogen-bond acceptors (Lipinski definition) is 2. The van der Waals surface area contributed by atoms with Crippen LogP contribution < -0.4 is 5.32 Å². The minimum atomic E-state index is -0.0213. The second-order valence-electron chi connectivity index (χ2n) is 5.98. The van der Waals surface area contributed by atoms with Gasteiger partial charge in [-0.1, -0.05) is 19.8 Å². The number of amides is 1. The maximum atomic E-state index is 12.2. The molecule has 0 aliphatic heterocycles. The van der Waals surface area contributed by atoms with Gasteiger partial charge in [0, 0.05) is 11.6 Å². The van der Waals surface area contributed by atoms with Crippen LogP contribution in [-0.2, 0) is 0 Å². The van der Waals surface area contributed by atoms with Gasteiger partial charge in [0.15, 0.2) is 0 Å². The highest BCUT2D eigenvalue weighted by atomic mass is 16.3. The molecular formula is C17H25NO2. The molecule has 1 aliphatic rings. The summed E-state index contributed by atoms with van der Waals surface area (Å²) in [6.07, 6.45) is 7.22. The molecule has 1 aromatic rings. The maximum absolute atomic E-state index is 12.2. The summed E-state index contributed by atoms with van der Waals surface area (Å²) in [5.74, 6) is 1.07. The molecule has 0 bridgehead atoms. The van der Waals surface area contributed by atoms with E-state index in [0.717, 1.165) is 24.3 Å². The molecular weight excluding hydrogens is 250 g/mol. The summed E-state index contributed by atoms with van der Waals surface area (Å²) in [4.78, 5) is 12.2. The van der Waals surface area contributed by atoms with Crippen molar-refractivity contribution in [3.8, 4) is 5.75 Å². The van der Waals surface area contributed by atoms with Crippen LogP contribution in [0, 0.1) is 12.8 Å². The second kappa shape index (κ2) is 6.78. The maximum Gasteiger partial charge on any atom is 0.251 e. The van der Waals surface area contributed by atoms with Crippen molar-refractivity contribution in [1.29, 1.82) is 0 Å². The van der Waals surface area contributed by atoms with Crippen LogP contribution in [-0.4, -0.2) is 17.1 Å². The Balaban J connectivity index is 1.87. The first-order chi connectivity index (χ1) is 9.60. The molecule has 0 aromatic heterocycles. The van der Waals surface area contributed by atoms with Crippen molar-refractivity contribution in [2.45, 2.75) is 58.4 Å². The highest BCUT2D eigenvalue weighted by Crippen LogP contribution is 2.28. The van der Waals surface area contributed by atoms with E-state index in [4.69, 9.17) is 0 Å². The van der Waals surface area contributed by atoms with Crippen molar-refractivity contribution in [2.75, 3.05) is 0 Å². The molecule has 0 saturated heterocycles. The van der Waals surface area contributed by atoms with Gasteiger partial charge < -0.3 is 10.4 Å². The van der Waals surface area contributed by atoms with Gasteiger partial charge in [-0.25, -0.2) is 0 Å². The number of carbonyl (C=O) groups excluding carboxylic acids is 1. The first-order valence-corrected chi connectivity index (χ1v) is 7.70. The highest BCUT2D eigenvalue weighted by molar-refractivity contribution is 5.94. The minimum absolute atomic E-state index is 0.0213. The number of nitrogens with one attached hydrogen (secondary N) is 1. The van der Waals surface area contributed by atoms with Crippen LogP contribution in [0.4, 0.5) is 0 Å². The molecule has 0 spiro atoms. The normalized spacial score (nSPS) is 22.5. The third-order valence-electron chi connectivity index (χ3n) is 4.34. The molecule has 0 radical (unpaired) electrons. The Hall–Kier alpha value is -1.51. The third kappa shape index (κ3) is 3.75. The van der Waals surface area contributed by atoms with E-state index >= 15 is 0 Å². The lowest BCUT2D eigenvalue weighted by molar-refractivity contribution is 0.0921. The number of hydrogen-bond donors (Lipinski definition) is 2. The first kappa shape index (κ1) is 14.9. The quantitative estimate of drug-likeness (QED) is 0.878. The molecule has 0 heterocycles. The van der Waals surface area contributed by atoms with Crippen molar-refractivity contribution in [1.82, 2.24) is 5.32 Å². The summed E-state index contributed by atoms with van der Waals surface area (Å²) >= 11 is 0. The van der Waals surface area contributed by atoms with Crippen LogP contribution in [0.15, 0.2) is 18.2 Å². The average Bonchev–Trinajstić information content (AvgIpc) is 2.44. The second-order valence-corrected chi connectivity index (χ2v) is 5.98. The molecule has 3 heteroatoms. The number of phenolic OH excluding ortho intramolecular Hbond substituents is 1. The summed E-state index contributed by atoms with van der Waals surface area (Å²) in [6, 6.07) is 5.32. The number of aryl methyl sites for hydroxylation is 1. The number of aromatic hydroxyl groups is 1. The van der Waals surface area contributed by atoms with E-state index < -0.39 is 0 Å². The van der Waals surface area contributed by atoms with E-state index in [1.54, 1.807) is 18.2 Å². The van der Waals surface area contributed by atoms with Crippen LogP contribution in [0.3, 0.4) is 0 Å². The predicted octanol–water partition coefficient (Wildman–Crippen LogP) is 3.79. The topological polar surface area (TPSA) is 49.3 Å². The molecule has 2 rings (SSSR count). The highest BCUT2D eigenvalue weighted by Gasteiger charge is 2.22. The fraction of sp³-hybridized carbons (Fsp3) is 0.588. The molecule has 1 saturated carbocycles. The molecule has 0 atom stereocenters. The summed E-state index contributed by atoms with van der Waals surface area (Å²) in [5.41, 5.74) is 1.38. The minimum Gasteiger partial charge on any atom is -0.508 e. The zero-order valence-corrected chi connectivity index (χ0v) is 12.5. The third-order valence-corrected chi connectivity index (χ3v) is 4.34. The summed E-state index contributed by atoms with van der Waals surface area (Å²) in [5, 5.41) is 12.6. The van der Waals surface area contributed by atoms with Gasteiger partial charge in [-0.3, -0.25) is 4.79 Å². The molecule has 3 nitrogen and oxygen atoms in total. The van der Waals surface area contributed by atoms with Gasteiger partial charge in [-0.15, -0.1) is 0 Å². The van der Waals surface area contributed by atoms with Crippen molar-refractivity contribution in [3.05, 3.63) is 29.3 Å². The average molecular weight is 275 g/mol. The molecule has 0 unspecified atom stereocenters. The number of rotatable bonds is 4. The summed E-state index contributed by atoms with van der Waals surface area (Å²) < 4.78 is 0. The summed E-state index contributed by atoms with van der Waals surface area (Å²) in [7, 11) is 0. The molecule has 1 fully saturated rings. The zero-order valence-electron chi connectivity index (χ0n) is 12.5. The van der Waals surface area contributed by atoms with Crippen LogP contribution >= 0.6 is 0 Å². The molecule has 20 heavy (non-hydrogen) atoms. The Morgan fingerprint density at radius 3 is 2.60 bits per heavy atom. The first-order valence-electron chi connectivity index (χ1n) is 7.70. The van der Waals surface area contributed by atoms with Gasteiger partial charge >= 0.3 is 0 Å². The fourth-order valence-electron chi connectivity index (χ4n) is 3.07. The zero-order chi connectivity index (χ0) is 14.5. The van der Waals surface area contributed by atoms with Crippen LogP contribution in [0.2, 0.25) is 0 Å². The van der Waals surface area contributed by atoms with Crippen molar-refractivity contribution in [3.63, 3.8) is 0 Å². The fourth-order valence-corrected chi connectivity index (χ4v) is 3.07. The van der Waals surface area contributed by atoms with Gasteiger partial charge in [-0.2, -0.15) is 0 Å². The number of phenols is 1. The van der Waals surface area contributed by atoms with Gasteiger partial charge in [0.05, 0.1) is 0 Å². The molecule has 2 N–H and O–H groups in total. The lowest BCUT2D eigenvalue weighted by Gasteiger charge is -2.29. The molecule has 110 valence electrons. The predicted molar refractivity (Wildman–Crippen MR) is 81.0 cm³/mol. The van der Waals surface area contributed by atoms with E-state index in [1.165, 1.54) is 25.7 Å². The van der Waals surface area contributed by atoms with Gasteiger partial charge in [0.25, 0.3) is 5.91 Å². The van der Waals surface area contributed by atoms with Crippen molar-refractivity contribution < 1.29 is 9.90 Å². The monoisotopic (exact) mass is 275 g/mol. The van der Waals surface area contributed by atoms with Crippen molar-refractivity contribution >= 4 is 5.91 Å². The van der Waals surface area contributed by atoms with Crippen LogP contribution in [0.1, 0.15) is 61.4 Å². The molecule has 1 amide bonds. The van der Waals surface area contributed by atoms with Gasteiger partial charge in [-0.05, 0) is 62.3 Å². The Labute approximate surface area is 121 Å². The van der Waals surface area contributed by atoms with E-state index in [0.29, 0.717) is 11.6 Å². The largest absolute Gasteiger partial charge is 0.508 e. The van der Waals surface area contributed by atoms with Crippen LogP contribution in [0.5, 0.6) is 5.75 Å². The Kier molecular flexibility index (Phi) is 5.05. The lowest BCUT2D eigenvalue weighted by Crippen LogP contribution is -2.37. The SMILES string of the molecule is CCCC1CCC(NC(=O)c2ccc(O)c(C)c2)CC1. The van der Waals surface area contributed by atoms with Crippen molar-refractivity contribution in [2.24, 2.45) is 5.92 Å². The Morgan fingerprint density at radius 1 is 1.30 bits per heavy atom. The number of benzene rings is 1. The standard InChI is InChI=1S/C17H25NO2/c1-3-4-13-5-8-15(9-6-13)18-17(20)14-7-10-16(19)12(2)11-14/h7,10-11,13,15,19H,3-6,8-9H2,1-2H3,(H,18,20). The summed E-state index contributed by atoms with van der Waals surface area (Å²) in [6.45, 7) is 4.04.